The van der Waals surface area contributed by atoms with Crippen molar-refractivity contribution in [2.24, 2.45) is 5.73 Å². The van der Waals surface area contributed by atoms with E-state index >= 15 is 0 Å². The molecule has 3 N–H and O–H groups in total. The Balaban J connectivity index is 0.000000221. The number of nitrogens with two attached hydrogens (primary N) is 1. The number of hydrogen-bond donors (Lipinski definition) is 2. The molecule has 5 rings (SSSR count). The molecule has 3 aliphatic heterocycles. The standard InChI is InChI=1S/C17H20N2O4S.C7H8O3S/c18-12-14(20)19-13(16(21)23-10-11-4-2-1-3-5-11)17(24-15(12)19)6-8-22-9-7-17;1-6-2-4-7(5-3-6)11(8,9)10/h1-5,12-13,15H,6-10,18H2;2-5H,1H3,(H,8,9,10)/t12?,13?,15-;/m1./s1. The van der Waals surface area contributed by atoms with Crippen LogP contribution in [0.5, 0.6) is 0 Å². The number of carbonyl (C=O) groups excluding carboxylic acids is 2. The van der Waals surface area contributed by atoms with E-state index in [1.807, 2.05) is 37.3 Å². The van der Waals surface area contributed by atoms with Crippen LogP contribution in [0, 0.1) is 6.92 Å². The van der Waals surface area contributed by atoms with Gasteiger partial charge in [0.1, 0.15) is 24.1 Å². The van der Waals surface area contributed by atoms with Crippen molar-refractivity contribution in [3.05, 3.63) is 65.7 Å². The summed E-state index contributed by atoms with van der Waals surface area (Å²) in [6.07, 6.45) is 1.46. The number of benzene rings is 2. The predicted molar refractivity (Wildman–Crippen MR) is 130 cm³/mol. The normalized spacial score (nSPS) is 24.7. The van der Waals surface area contributed by atoms with Crippen LogP contribution in [-0.4, -0.2) is 65.2 Å². The molecule has 35 heavy (non-hydrogen) atoms. The molecule has 3 atom stereocenters. The number of thioether (sulfide) groups is 1. The van der Waals surface area contributed by atoms with Crippen LogP contribution < -0.4 is 5.73 Å². The quantitative estimate of drug-likeness (QED) is 0.353. The zero-order valence-corrected chi connectivity index (χ0v) is 20.8. The molecule has 11 heteroatoms. The maximum atomic E-state index is 12.8. The molecule has 3 aliphatic rings. The van der Waals surface area contributed by atoms with Gasteiger partial charge >= 0.3 is 5.97 Å². The van der Waals surface area contributed by atoms with Crippen LogP contribution in [-0.2, 0) is 35.8 Å². The number of amides is 1. The molecule has 0 saturated carbocycles. The van der Waals surface area contributed by atoms with Gasteiger partial charge in [0.2, 0.25) is 5.91 Å². The molecule has 1 spiro atoms. The van der Waals surface area contributed by atoms with Crippen LogP contribution in [0.3, 0.4) is 0 Å². The zero-order valence-electron chi connectivity index (χ0n) is 19.2. The van der Waals surface area contributed by atoms with E-state index in [0.29, 0.717) is 13.2 Å². The minimum absolute atomic E-state index is 0.0666. The van der Waals surface area contributed by atoms with Crippen LogP contribution in [0.2, 0.25) is 0 Å². The summed E-state index contributed by atoms with van der Waals surface area (Å²) in [6.45, 7) is 3.25. The minimum Gasteiger partial charge on any atom is -0.459 e. The first-order valence-corrected chi connectivity index (χ1v) is 13.5. The van der Waals surface area contributed by atoms with Crippen LogP contribution in [0.25, 0.3) is 0 Å². The Hall–Kier alpha value is -2.44. The molecule has 3 heterocycles. The number of rotatable bonds is 4. The lowest BCUT2D eigenvalue weighted by Crippen LogP contribution is -2.69. The average molecular weight is 521 g/mol. The topological polar surface area (TPSA) is 136 Å². The molecule has 0 aromatic heterocycles. The lowest BCUT2D eigenvalue weighted by Gasteiger charge is -2.42. The van der Waals surface area contributed by atoms with Gasteiger partial charge in [0, 0.05) is 13.2 Å². The molecule has 3 fully saturated rings. The third-order valence-corrected chi connectivity index (χ3v) is 9.09. The van der Waals surface area contributed by atoms with Crippen molar-refractivity contribution in [2.45, 2.75) is 53.5 Å². The van der Waals surface area contributed by atoms with Crippen LogP contribution >= 0.6 is 11.8 Å². The van der Waals surface area contributed by atoms with Gasteiger partial charge in [0.25, 0.3) is 10.1 Å². The summed E-state index contributed by atoms with van der Waals surface area (Å²) in [6, 6.07) is 14.5. The average Bonchev–Trinajstić information content (AvgIpc) is 3.14. The summed E-state index contributed by atoms with van der Waals surface area (Å²) in [5.74, 6) is -0.492. The Morgan fingerprint density at radius 2 is 1.80 bits per heavy atom. The first-order valence-electron chi connectivity index (χ1n) is 11.2. The summed E-state index contributed by atoms with van der Waals surface area (Å²) in [5.41, 5.74) is 7.82. The SMILES string of the molecule is Cc1ccc(S(=O)(=O)O)cc1.NC1C(=O)N2C(C(=O)OCc3ccccc3)C3(CCOCC3)S[C@H]12. The Kier molecular flexibility index (Phi) is 7.53. The molecule has 9 nitrogen and oxygen atoms in total. The van der Waals surface area contributed by atoms with E-state index in [2.05, 4.69) is 0 Å². The van der Waals surface area contributed by atoms with Gasteiger partial charge in [-0.1, -0.05) is 48.0 Å². The molecule has 188 valence electrons. The third-order valence-electron chi connectivity index (χ3n) is 6.36. The zero-order chi connectivity index (χ0) is 25.2. The number of β-lactam (4-membered cyclic amide) rings is 1. The molecule has 2 unspecified atom stereocenters. The molecular weight excluding hydrogens is 492 g/mol. The van der Waals surface area contributed by atoms with E-state index in [1.165, 1.54) is 12.1 Å². The van der Waals surface area contributed by atoms with E-state index < -0.39 is 22.2 Å². The summed E-state index contributed by atoms with van der Waals surface area (Å²) in [4.78, 5) is 26.6. The highest BCUT2D eigenvalue weighted by molar-refractivity contribution is 8.01. The van der Waals surface area contributed by atoms with Crippen LogP contribution in [0.15, 0.2) is 59.5 Å². The summed E-state index contributed by atoms with van der Waals surface area (Å²) in [5, 5.41) is -0.120. The van der Waals surface area contributed by atoms with Gasteiger partial charge in [-0.05, 0) is 37.5 Å². The first-order chi connectivity index (χ1) is 16.6. The number of esters is 1. The molecule has 3 saturated heterocycles. The number of hydrogen-bond acceptors (Lipinski definition) is 8. The largest absolute Gasteiger partial charge is 0.459 e. The maximum absolute atomic E-state index is 12.8. The molecule has 0 radical (unpaired) electrons. The summed E-state index contributed by atoms with van der Waals surface area (Å²) < 4.78 is 40.2. The number of fused-ring (bicyclic) bond motifs is 1. The van der Waals surface area contributed by atoms with Gasteiger partial charge in [-0.2, -0.15) is 8.42 Å². The van der Waals surface area contributed by atoms with E-state index in [9.17, 15) is 18.0 Å². The highest BCUT2D eigenvalue weighted by atomic mass is 32.2. The van der Waals surface area contributed by atoms with Gasteiger partial charge in [-0.3, -0.25) is 9.35 Å². The number of ether oxygens (including phenoxy) is 2. The molecular formula is C24H28N2O7S2. The van der Waals surface area contributed by atoms with E-state index in [4.69, 9.17) is 19.8 Å². The lowest BCUT2D eigenvalue weighted by atomic mass is 9.87. The van der Waals surface area contributed by atoms with Crippen molar-refractivity contribution in [1.82, 2.24) is 4.90 Å². The van der Waals surface area contributed by atoms with Crippen molar-refractivity contribution >= 4 is 33.8 Å². The predicted octanol–water partition coefficient (Wildman–Crippen LogP) is 2.13. The van der Waals surface area contributed by atoms with Crippen molar-refractivity contribution in [2.75, 3.05) is 13.2 Å². The molecule has 0 bridgehead atoms. The second kappa shape index (κ2) is 10.3. The Morgan fingerprint density at radius 1 is 1.17 bits per heavy atom. The number of aryl methyl sites for hydroxylation is 1. The molecule has 1 amide bonds. The molecule has 0 aliphatic carbocycles. The van der Waals surface area contributed by atoms with Gasteiger partial charge in [0.15, 0.2) is 0 Å². The maximum Gasteiger partial charge on any atom is 0.330 e. The molecule has 2 aromatic rings. The van der Waals surface area contributed by atoms with Crippen LogP contribution in [0.1, 0.15) is 24.0 Å². The Morgan fingerprint density at radius 3 is 2.40 bits per heavy atom. The van der Waals surface area contributed by atoms with Gasteiger partial charge in [-0.25, -0.2) is 4.79 Å². The van der Waals surface area contributed by atoms with Gasteiger partial charge < -0.3 is 20.1 Å². The molecule has 2 aromatic carbocycles. The minimum atomic E-state index is -4.02. The van der Waals surface area contributed by atoms with Crippen molar-refractivity contribution in [3.63, 3.8) is 0 Å². The monoisotopic (exact) mass is 520 g/mol. The highest BCUT2D eigenvalue weighted by Gasteiger charge is 2.66. The Labute approximate surface area is 208 Å². The second-order valence-corrected chi connectivity index (χ2v) is 11.7. The fraction of sp³-hybridized carbons (Fsp3) is 0.417. The van der Waals surface area contributed by atoms with E-state index in [0.717, 1.165) is 24.0 Å². The van der Waals surface area contributed by atoms with Crippen molar-refractivity contribution in [1.29, 1.82) is 0 Å². The van der Waals surface area contributed by atoms with Crippen molar-refractivity contribution < 1.29 is 32.0 Å². The van der Waals surface area contributed by atoms with E-state index in [-0.39, 0.29) is 33.5 Å². The summed E-state index contributed by atoms with van der Waals surface area (Å²) in [7, 11) is -4.02. The van der Waals surface area contributed by atoms with Gasteiger partial charge in [0.05, 0.1) is 9.64 Å². The fourth-order valence-electron chi connectivity index (χ4n) is 4.43. The van der Waals surface area contributed by atoms with Crippen LogP contribution in [0.4, 0.5) is 0 Å². The summed E-state index contributed by atoms with van der Waals surface area (Å²) >= 11 is 1.65. The fourth-order valence-corrected chi connectivity index (χ4v) is 6.73. The second-order valence-electron chi connectivity index (χ2n) is 8.74. The first kappa shape index (κ1) is 25.6. The van der Waals surface area contributed by atoms with E-state index in [1.54, 1.807) is 28.8 Å². The Bertz CT molecular complexity index is 1170. The smallest absolute Gasteiger partial charge is 0.330 e. The third kappa shape index (κ3) is 5.39. The number of carbonyl (C=O) groups is 2. The lowest BCUT2D eigenvalue weighted by molar-refractivity contribution is -0.165. The van der Waals surface area contributed by atoms with Gasteiger partial charge in [-0.15, -0.1) is 11.8 Å². The number of nitrogens with zero attached hydrogens (tertiary/aromatic N) is 1. The van der Waals surface area contributed by atoms with Crippen molar-refractivity contribution in [3.8, 4) is 0 Å². The highest BCUT2D eigenvalue weighted by Crippen LogP contribution is 2.55.